The van der Waals surface area contributed by atoms with Crippen LogP contribution >= 0.6 is 11.6 Å². The molecule has 1 aliphatic rings. The number of nitrogens with zero attached hydrogens (tertiary/aromatic N) is 4. The average molecular weight is 404 g/mol. The number of methoxy groups -OCH3 is 1. The smallest absolute Gasteiger partial charge is 0.248 e. The van der Waals surface area contributed by atoms with Gasteiger partial charge in [-0.05, 0) is 43.5 Å². The van der Waals surface area contributed by atoms with E-state index in [0.29, 0.717) is 5.56 Å². The molecule has 28 heavy (non-hydrogen) atoms. The summed E-state index contributed by atoms with van der Waals surface area (Å²) in [5, 5.41) is 8.86. The first-order chi connectivity index (χ1) is 13.5. The van der Waals surface area contributed by atoms with Gasteiger partial charge in [0.2, 0.25) is 5.91 Å². The van der Waals surface area contributed by atoms with E-state index in [0.717, 1.165) is 24.7 Å². The third-order valence-corrected chi connectivity index (χ3v) is 4.14. The van der Waals surface area contributed by atoms with Gasteiger partial charge in [0.1, 0.15) is 17.6 Å². The number of amides is 1. The zero-order chi connectivity index (χ0) is 20.9. The molecule has 0 saturated carbocycles. The summed E-state index contributed by atoms with van der Waals surface area (Å²) in [7, 11) is 1.57. The highest BCUT2D eigenvalue weighted by Crippen LogP contribution is 2.19. The molecule has 1 aromatic carbocycles. The highest BCUT2D eigenvalue weighted by atomic mass is 35.5. The minimum absolute atomic E-state index is 0.192. The van der Waals surface area contributed by atoms with Crippen LogP contribution < -0.4 is 15.4 Å². The van der Waals surface area contributed by atoms with Gasteiger partial charge in [-0.2, -0.15) is 5.26 Å². The van der Waals surface area contributed by atoms with Crippen molar-refractivity contribution in [3.8, 4) is 11.8 Å². The van der Waals surface area contributed by atoms with Gasteiger partial charge in [-0.25, -0.2) is 9.97 Å². The Bertz CT molecular complexity index is 784. The molecule has 2 aromatic rings. The third kappa shape index (κ3) is 7.05. The van der Waals surface area contributed by atoms with Gasteiger partial charge < -0.3 is 15.4 Å². The van der Waals surface area contributed by atoms with Crippen molar-refractivity contribution >= 4 is 23.3 Å². The fourth-order valence-corrected chi connectivity index (χ4v) is 2.64. The lowest BCUT2D eigenvalue weighted by atomic mass is 10.1. The number of benzene rings is 1. The van der Waals surface area contributed by atoms with Gasteiger partial charge in [0.15, 0.2) is 10.8 Å². The van der Waals surface area contributed by atoms with E-state index in [-0.39, 0.29) is 10.8 Å². The summed E-state index contributed by atoms with van der Waals surface area (Å²) >= 11 is 5.83. The van der Waals surface area contributed by atoms with Gasteiger partial charge in [0.25, 0.3) is 0 Å². The molecule has 3 rings (SSSR count). The number of carbonyl (C=O) groups excluding carboxylic acids is 1. The van der Waals surface area contributed by atoms with Gasteiger partial charge in [-0.3, -0.25) is 4.79 Å². The molecular formula is C20H26ClN5O2. The first-order valence-corrected chi connectivity index (χ1v) is 9.54. The Balaban J connectivity index is 0.000000268. The largest absolute Gasteiger partial charge is 0.497 e. The maximum Gasteiger partial charge on any atom is 0.248 e. The lowest BCUT2D eigenvalue weighted by Crippen LogP contribution is -2.30. The van der Waals surface area contributed by atoms with Gasteiger partial charge in [-0.15, -0.1) is 0 Å². The number of rotatable bonds is 3. The quantitative estimate of drug-likeness (QED) is 0.835. The summed E-state index contributed by atoms with van der Waals surface area (Å²) in [6.07, 6.45) is 5.25. The minimum Gasteiger partial charge on any atom is -0.497 e. The van der Waals surface area contributed by atoms with Crippen molar-refractivity contribution in [3.05, 3.63) is 46.9 Å². The molecule has 2 N–H and O–H groups in total. The molecule has 1 aliphatic heterocycles. The van der Waals surface area contributed by atoms with Crippen molar-refractivity contribution in [2.45, 2.75) is 33.1 Å². The van der Waals surface area contributed by atoms with Gasteiger partial charge in [0, 0.05) is 18.7 Å². The number of primary amides is 1. The number of carbonyl (C=O) groups is 1. The van der Waals surface area contributed by atoms with Crippen molar-refractivity contribution in [3.63, 3.8) is 0 Å². The normalized spacial score (nSPS) is 12.5. The second kappa shape index (κ2) is 12.5. The Morgan fingerprint density at radius 2 is 1.82 bits per heavy atom. The minimum atomic E-state index is -0.423. The summed E-state index contributed by atoms with van der Waals surface area (Å²) in [4.78, 5) is 20.9. The maximum atomic E-state index is 10.6. The molecule has 0 aliphatic carbocycles. The van der Waals surface area contributed by atoms with E-state index in [2.05, 4.69) is 14.9 Å². The Morgan fingerprint density at radius 3 is 2.29 bits per heavy atom. The van der Waals surface area contributed by atoms with E-state index in [1.165, 1.54) is 19.3 Å². The molecule has 0 bridgehead atoms. The Labute approximate surface area is 171 Å². The molecule has 0 unspecified atom stereocenters. The highest BCUT2D eigenvalue weighted by molar-refractivity contribution is 6.30. The second-order valence-corrected chi connectivity index (χ2v) is 5.98. The molecule has 0 atom stereocenters. The molecule has 0 radical (unpaired) electrons. The van der Waals surface area contributed by atoms with E-state index in [1.54, 1.807) is 37.6 Å². The molecule has 0 spiro atoms. The summed E-state index contributed by atoms with van der Waals surface area (Å²) in [6.45, 7) is 5.99. The van der Waals surface area contributed by atoms with Crippen molar-refractivity contribution in [1.29, 1.82) is 5.26 Å². The molecule has 1 amide bonds. The number of anilines is 1. The van der Waals surface area contributed by atoms with E-state index in [1.807, 2.05) is 19.9 Å². The lowest BCUT2D eigenvalue weighted by molar-refractivity contribution is 0.100. The van der Waals surface area contributed by atoms with E-state index < -0.39 is 5.91 Å². The van der Waals surface area contributed by atoms with Crippen LogP contribution in [0.5, 0.6) is 5.75 Å². The molecule has 1 fully saturated rings. The van der Waals surface area contributed by atoms with Crippen molar-refractivity contribution < 1.29 is 9.53 Å². The van der Waals surface area contributed by atoms with E-state index in [4.69, 9.17) is 27.3 Å². The number of hydrogen-bond donors (Lipinski definition) is 1. The van der Waals surface area contributed by atoms with Crippen LogP contribution in [-0.4, -0.2) is 36.1 Å². The van der Waals surface area contributed by atoms with Crippen molar-refractivity contribution in [2.24, 2.45) is 5.73 Å². The summed E-state index contributed by atoms with van der Waals surface area (Å²) < 4.78 is 4.90. The predicted molar refractivity (Wildman–Crippen MR) is 111 cm³/mol. The summed E-state index contributed by atoms with van der Waals surface area (Å²) in [6, 6.07) is 8.54. The average Bonchev–Trinajstić information content (AvgIpc) is 2.76. The number of ether oxygens (including phenoxy) is 1. The first kappa shape index (κ1) is 23.2. The van der Waals surface area contributed by atoms with Gasteiger partial charge in [0.05, 0.1) is 13.3 Å². The van der Waals surface area contributed by atoms with Crippen LogP contribution in [0.2, 0.25) is 5.15 Å². The number of nitrogens with two attached hydrogens (primary N) is 1. The fourth-order valence-electron chi connectivity index (χ4n) is 2.46. The summed E-state index contributed by atoms with van der Waals surface area (Å²) in [5.74, 6) is 1.07. The molecule has 150 valence electrons. The molecule has 1 saturated heterocycles. The van der Waals surface area contributed by atoms with E-state index >= 15 is 0 Å². The zero-order valence-corrected chi connectivity index (χ0v) is 17.2. The van der Waals surface area contributed by atoms with Crippen molar-refractivity contribution in [1.82, 2.24) is 9.97 Å². The molecular weight excluding hydrogens is 378 g/mol. The number of hydrogen-bond acceptors (Lipinski definition) is 6. The maximum absolute atomic E-state index is 10.6. The second-order valence-electron chi connectivity index (χ2n) is 5.62. The van der Waals surface area contributed by atoms with Crippen LogP contribution in [0.4, 0.5) is 5.82 Å². The highest BCUT2D eigenvalue weighted by Gasteiger charge is 2.14. The number of halogens is 1. The number of piperidine rings is 1. The van der Waals surface area contributed by atoms with Crippen LogP contribution in [0.15, 0.2) is 30.5 Å². The number of nitriles is 1. The zero-order valence-electron chi connectivity index (χ0n) is 16.5. The van der Waals surface area contributed by atoms with Crippen LogP contribution in [-0.2, 0) is 0 Å². The Hall–Kier alpha value is -2.85. The van der Waals surface area contributed by atoms with Gasteiger partial charge >= 0.3 is 0 Å². The van der Waals surface area contributed by atoms with Crippen LogP contribution in [0, 0.1) is 11.3 Å². The standard InChI is InChI=1S/C10H11ClN4.C8H9NO2.C2H6/c11-10-8(6-12)13-7-9(14-10)15-4-2-1-3-5-15;1-11-7-4-2-6(3-5-7)8(9)10;1-2/h7H,1-5H2;2-5H,1H3,(H2,9,10);1-2H3. The first-order valence-electron chi connectivity index (χ1n) is 9.16. The van der Waals surface area contributed by atoms with Crippen LogP contribution in [0.25, 0.3) is 0 Å². The third-order valence-electron chi connectivity index (χ3n) is 3.88. The predicted octanol–water partition coefficient (Wildman–Crippen LogP) is 3.81. The molecule has 2 heterocycles. The molecule has 7 nitrogen and oxygen atoms in total. The topological polar surface area (TPSA) is 105 Å². The molecule has 1 aromatic heterocycles. The Kier molecular flexibility index (Phi) is 10.4. The summed E-state index contributed by atoms with van der Waals surface area (Å²) in [5.41, 5.74) is 5.71. The van der Waals surface area contributed by atoms with Crippen LogP contribution in [0.1, 0.15) is 49.2 Å². The van der Waals surface area contributed by atoms with Crippen molar-refractivity contribution in [2.75, 3.05) is 25.1 Å². The lowest BCUT2D eigenvalue weighted by Gasteiger charge is -2.27. The fraction of sp³-hybridized carbons (Fsp3) is 0.400. The van der Waals surface area contributed by atoms with E-state index in [9.17, 15) is 4.79 Å². The van der Waals surface area contributed by atoms with Crippen LogP contribution in [0.3, 0.4) is 0 Å². The van der Waals surface area contributed by atoms with Gasteiger partial charge in [-0.1, -0.05) is 25.4 Å². The monoisotopic (exact) mass is 403 g/mol. The molecule has 8 heteroatoms. The number of aromatic nitrogens is 2. The Morgan fingerprint density at radius 1 is 1.21 bits per heavy atom. The SMILES string of the molecule is CC.COc1ccc(C(N)=O)cc1.N#Cc1ncc(N2CCCCC2)nc1Cl.